The Morgan fingerprint density at radius 2 is 1.46 bits per heavy atom. The molecule has 0 spiro atoms. The lowest BCUT2D eigenvalue weighted by molar-refractivity contribution is -0.120. The fraction of sp³-hybridized carbons (Fsp3) is 0.296. The highest BCUT2D eigenvalue weighted by molar-refractivity contribution is 7.93. The first-order chi connectivity index (χ1) is 17.6. The molecule has 0 radical (unpaired) electrons. The molecule has 0 heterocycles. The van der Waals surface area contributed by atoms with Crippen LogP contribution in [0.4, 0.5) is 5.69 Å². The van der Waals surface area contributed by atoms with E-state index in [1.165, 1.54) is 27.4 Å². The Balaban J connectivity index is 1.95. The second-order valence-corrected chi connectivity index (χ2v) is 10.1. The highest BCUT2D eigenvalue weighted by Crippen LogP contribution is 2.32. The van der Waals surface area contributed by atoms with Gasteiger partial charge in [-0.3, -0.25) is 9.10 Å². The fourth-order valence-electron chi connectivity index (χ4n) is 3.79. The van der Waals surface area contributed by atoms with Crippen molar-refractivity contribution in [2.75, 3.05) is 39.3 Å². The summed E-state index contributed by atoms with van der Waals surface area (Å²) in [5, 5.41) is 2.87. The van der Waals surface area contributed by atoms with Gasteiger partial charge < -0.3 is 24.3 Å². The number of nitrogens with one attached hydrogen (secondary N) is 1. The van der Waals surface area contributed by atoms with E-state index in [9.17, 15) is 13.2 Å². The topological polar surface area (TPSA) is 103 Å². The lowest BCUT2D eigenvalue weighted by Crippen LogP contribution is -2.41. The summed E-state index contributed by atoms with van der Waals surface area (Å²) in [6.07, 6.45) is 0. The monoisotopic (exact) mass is 528 g/mol. The van der Waals surface area contributed by atoms with Gasteiger partial charge in [0.15, 0.2) is 11.5 Å². The van der Waals surface area contributed by atoms with Crippen LogP contribution >= 0.6 is 0 Å². The molecule has 0 saturated carbocycles. The molecule has 198 valence electrons. The second kappa shape index (κ2) is 11.9. The van der Waals surface area contributed by atoms with Crippen molar-refractivity contribution in [2.24, 2.45) is 0 Å². The maximum absolute atomic E-state index is 13.9. The molecule has 10 heteroatoms. The number of anilines is 1. The Bertz CT molecular complexity index is 1340. The zero-order chi connectivity index (χ0) is 27.2. The van der Waals surface area contributed by atoms with Gasteiger partial charge in [0, 0.05) is 0 Å². The number of carbonyl (C=O) groups is 1. The molecule has 1 N–H and O–H groups in total. The van der Waals surface area contributed by atoms with Gasteiger partial charge in [-0.15, -0.1) is 0 Å². The van der Waals surface area contributed by atoms with Gasteiger partial charge in [0.2, 0.25) is 5.91 Å². The van der Waals surface area contributed by atoms with Crippen molar-refractivity contribution in [3.05, 3.63) is 71.8 Å². The number of hydrogen-bond acceptors (Lipinski definition) is 7. The third-order valence-electron chi connectivity index (χ3n) is 5.82. The average Bonchev–Trinajstić information content (AvgIpc) is 2.91. The van der Waals surface area contributed by atoms with E-state index in [0.29, 0.717) is 22.9 Å². The van der Waals surface area contributed by atoms with Crippen LogP contribution in [0, 0.1) is 6.92 Å². The minimum atomic E-state index is -4.18. The highest BCUT2D eigenvalue weighted by Gasteiger charge is 2.30. The summed E-state index contributed by atoms with van der Waals surface area (Å²) in [7, 11) is 1.81. The van der Waals surface area contributed by atoms with Gasteiger partial charge in [0.05, 0.1) is 40.2 Å². The van der Waals surface area contributed by atoms with E-state index in [2.05, 4.69) is 5.32 Å². The maximum Gasteiger partial charge on any atom is 0.268 e. The number of methoxy groups -OCH3 is 4. The standard InChI is InChI=1S/C27H32N2O7S/c1-18-7-13-24(35-5)26(15-18)37(31,32)29(21-9-11-22(33-3)12-10-21)17-27(30)28-19(2)20-8-14-23(34-4)25(16-20)36-6/h7-16,19H,17H2,1-6H3,(H,28,30). The number of nitrogens with zero attached hydrogens (tertiary/aromatic N) is 1. The van der Waals surface area contributed by atoms with Crippen LogP contribution in [-0.2, 0) is 14.8 Å². The molecule has 0 aromatic heterocycles. The number of carbonyl (C=O) groups excluding carboxylic acids is 1. The third kappa shape index (κ3) is 6.26. The van der Waals surface area contributed by atoms with Crippen LogP contribution in [0.5, 0.6) is 23.0 Å². The van der Waals surface area contributed by atoms with Crippen molar-refractivity contribution in [3.8, 4) is 23.0 Å². The molecule has 0 aliphatic carbocycles. The molecule has 37 heavy (non-hydrogen) atoms. The SMILES string of the molecule is COc1ccc(N(CC(=O)NC(C)c2ccc(OC)c(OC)c2)S(=O)(=O)c2cc(C)ccc2OC)cc1. The molecule has 3 aromatic rings. The van der Waals surface area contributed by atoms with Crippen molar-refractivity contribution < 1.29 is 32.2 Å². The Morgan fingerprint density at radius 3 is 2.05 bits per heavy atom. The van der Waals surface area contributed by atoms with Gasteiger partial charge in [-0.05, 0) is 73.5 Å². The Kier molecular flexibility index (Phi) is 8.88. The molecule has 1 unspecified atom stereocenters. The lowest BCUT2D eigenvalue weighted by Gasteiger charge is -2.26. The summed E-state index contributed by atoms with van der Waals surface area (Å²) < 4.78 is 49.9. The highest BCUT2D eigenvalue weighted by atomic mass is 32.2. The Hall–Kier alpha value is -3.92. The summed E-state index contributed by atoms with van der Waals surface area (Å²) in [5.41, 5.74) is 1.81. The van der Waals surface area contributed by atoms with Crippen molar-refractivity contribution in [1.29, 1.82) is 0 Å². The van der Waals surface area contributed by atoms with Crippen LogP contribution in [-0.4, -0.2) is 49.3 Å². The fourth-order valence-corrected chi connectivity index (χ4v) is 5.46. The zero-order valence-corrected chi connectivity index (χ0v) is 22.6. The first kappa shape index (κ1) is 27.7. The normalized spacial score (nSPS) is 11.8. The van der Waals surface area contributed by atoms with E-state index < -0.39 is 28.5 Å². The summed E-state index contributed by atoms with van der Waals surface area (Å²) in [6.45, 7) is 3.13. The average molecular weight is 529 g/mol. The molecular weight excluding hydrogens is 496 g/mol. The Morgan fingerprint density at radius 1 is 0.838 bits per heavy atom. The number of hydrogen-bond donors (Lipinski definition) is 1. The van der Waals surface area contributed by atoms with Crippen LogP contribution < -0.4 is 28.6 Å². The molecule has 0 saturated heterocycles. The van der Waals surface area contributed by atoms with E-state index in [-0.39, 0.29) is 10.6 Å². The summed E-state index contributed by atoms with van der Waals surface area (Å²) in [5.74, 6) is 1.33. The van der Waals surface area contributed by atoms with Gasteiger partial charge >= 0.3 is 0 Å². The minimum Gasteiger partial charge on any atom is -0.497 e. The molecule has 1 amide bonds. The van der Waals surface area contributed by atoms with E-state index in [1.54, 1.807) is 69.5 Å². The van der Waals surface area contributed by atoms with E-state index in [1.807, 2.05) is 6.07 Å². The van der Waals surface area contributed by atoms with Crippen LogP contribution in [0.3, 0.4) is 0 Å². The minimum absolute atomic E-state index is 0.0356. The number of ether oxygens (including phenoxy) is 4. The van der Waals surface area contributed by atoms with Crippen LogP contribution in [0.15, 0.2) is 65.6 Å². The van der Waals surface area contributed by atoms with Gasteiger partial charge in [-0.25, -0.2) is 8.42 Å². The molecule has 9 nitrogen and oxygen atoms in total. The Labute approximate surface area is 218 Å². The molecule has 0 aliphatic rings. The van der Waals surface area contributed by atoms with Crippen molar-refractivity contribution in [1.82, 2.24) is 5.32 Å². The van der Waals surface area contributed by atoms with Crippen molar-refractivity contribution in [3.63, 3.8) is 0 Å². The smallest absolute Gasteiger partial charge is 0.268 e. The molecule has 3 rings (SSSR count). The first-order valence-electron chi connectivity index (χ1n) is 11.5. The number of benzene rings is 3. The van der Waals surface area contributed by atoms with E-state index >= 15 is 0 Å². The molecule has 0 bridgehead atoms. The first-order valence-corrected chi connectivity index (χ1v) is 12.9. The number of rotatable bonds is 11. The largest absolute Gasteiger partial charge is 0.497 e. The van der Waals surface area contributed by atoms with Crippen molar-refractivity contribution in [2.45, 2.75) is 24.8 Å². The predicted molar refractivity (Wildman–Crippen MR) is 141 cm³/mol. The molecule has 1 atom stereocenters. The van der Waals surface area contributed by atoms with Crippen LogP contribution in [0.1, 0.15) is 24.1 Å². The van der Waals surface area contributed by atoms with E-state index in [4.69, 9.17) is 18.9 Å². The summed E-state index contributed by atoms with van der Waals surface area (Å²) in [4.78, 5) is 13.1. The van der Waals surface area contributed by atoms with Gasteiger partial charge in [-0.2, -0.15) is 0 Å². The third-order valence-corrected chi connectivity index (χ3v) is 7.61. The maximum atomic E-state index is 13.9. The van der Waals surface area contributed by atoms with Crippen molar-refractivity contribution >= 4 is 21.6 Å². The van der Waals surface area contributed by atoms with Gasteiger partial charge in [0.1, 0.15) is 22.9 Å². The van der Waals surface area contributed by atoms with Gasteiger partial charge in [0.25, 0.3) is 10.0 Å². The number of sulfonamides is 1. The molecular formula is C27H32N2O7S. The zero-order valence-electron chi connectivity index (χ0n) is 21.8. The number of aryl methyl sites for hydroxylation is 1. The summed E-state index contributed by atoms with van der Waals surface area (Å²) in [6, 6.07) is 16.2. The lowest BCUT2D eigenvalue weighted by atomic mass is 10.1. The summed E-state index contributed by atoms with van der Waals surface area (Å²) >= 11 is 0. The molecule has 0 aliphatic heterocycles. The van der Waals surface area contributed by atoms with Crippen LogP contribution in [0.2, 0.25) is 0 Å². The van der Waals surface area contributed by atoms with E-state index in [0.717, 1.165) is 15.4 Å². The molecule has 3 aromatic carbocycles. The predicted octanol–water partition coefficient (Wildman–Crippen LogP) is 4.10. The second-order valence-electron chi connectivity index (χ2n) is 8.27. The number of amides is 1. The molecule has 0 fully saturated rings. The van der Waals surface area contributed by atoms with Gasteiger partial charge in [-0.1, -0.05) is 12.1 Å². The van der Waals surface area contributed by atoms with Crippen LogP contribution in [0.25, 0.3) is 0 Å². The quantitative estimate of drug-likeness (QED) is 0.400.